The number of rotatable bonds is 9. The summed E-state index contributed by atoms with van der Waals surface area (Å²) in [5.41, 5.74) is 2.58. The minimum atomic E-state index is -0.618. The van der Waals surface area contributed by atoms with Crippen molar-refractivity contribution >= 4 is 0 Å². The van der Waals surface area contributed by atoms with E-state index in [1.807, 2.05) is 11.0 Å². The van der Waals surface area contributed by atoms with Crippen LogP contribution in [0.1, 0.15) is 30.1 Å². The van der Waals surface area contributed by atoms with Gasteiger partial charge in [-0.1, -0.05) is 24.3 Å². The molecule has 2 rings (SSSR count). The fourth-order valence-corrected chi connectivity index (χ4v) is 3.04. The fraction of sp³-hybridized carbons (Fsp3) is 0.647. The van der Waals surface area contributed by atoms with E-state index in [1.54, 1.807) is 0 Å². The molecule has 5 nitrogen and oxygen atoms in total. The van der Waals surface area contributed by atoms with Crippen LogP contribution in [0.5, 0.6) is 0 Å². The summed E-state index contributed by atoms with van der Waals surface area (Å²) in [6, 6.07) is 8.33. The van der Waals surface area contributed by atoms with Crippen molar-refractivity contribution in [3.63, 3.8) is 0 Å². The Hall–Kier alpha value is -0.980. The zero-order valence-electron chi connectivity index (χ0n) is 13.0. The molecule has 1 aromatic rings. The SMILES string of the molecule is OCCN(CCO)CC(O)COC1CCCc2ccccc21. The Morgan fingerprint density at radius 1 is 1.18 bits per heavy atom. The van der Waals surface area contributed by atoms with E-state index in [4.69, 9.17) is 14.9 Å². The molecule has 2 unspecified atom stereocenters. The van der Waals surface area contributed by atoms with Gasteiger partial charge in [0.1, 0.15) is 0 Å². The highest BCUT2D eigenvalue weighted by molar-refractivity contribution is 5.31. The maximum Gasteiger partial charge on any atom is 0.0900 e. The lowest BCUT2D eigenvalue weighted by molar-refractivity contribution is -0.0303. The van der Waals surface area contributed by atoms with Crippen molar-refractivity contribution < 1.29 is 20.1 Å². The number of nitrogens with zero attached hydrogens (tertiary/aromatic N) is 1. The van der Waals surface area contributed by atoms with Crippen molar-refractivity contribution in [2.24, 2.45) is 0 Å². The van der Waals surface area contributed by atoms with Crippen LogP contribution in [0.15, 0.2) is 24.3 Å². The molecule has 0 aromatic heterocycles. The lowest BCUT2D eigenvalue weighted by atomic mass is 9.89. The Morgan fingerprint density at radius 2 is 1.91 bits per heavy atom. The molecule has 22 heavy (non-hydrogen) atoms. The molecule has 2 atom stereocenters. The third kappa shape index (κ3) is 5.04. The Labute approximate surface area is 132 Å². The van der Waals surface area contributed by atoms with E-state index in [2.05, 4.69) is 18.2 Å². The maximum absolute atomic E-state index is 10.1. The van der Waals surface area contributed by atoms with E-state index < -0.39 is 6.10 Å². The molecule has 0 radical (unpaired) electrons. The van der Waals surface area contributed by atoms with Crippen LogP contribution in [0.4, 0.5) is 0 Å². The first kappa shape index (κ1) is 17.4. The van der Waals surface area contributed by atoms with Crippen LogP contribution in [0.2, 0.25) is 0 Å². The first-order valence-electron chi connectivity index (χ1n) is 8.06. The third-order valence-corrected chi connectivity index (χ3v) is 4.11. The molecule has 5 heteroatoms. The van der Waals surface area contributed by atoms with Crippen LogP contribution in [0.3, 0.4) is 0 Å². The molecule has 0 bridgehead atoms. The van der Waals surface area contributed by atoms with Crippen LogP contribution >= 0.6 is 0 Å². The summed E-state index contributed by atoms with van der Waals surface area (Å²) in [6.45, 7) is 1.60. The number of hydrogen-bond donors (Lipinski definition) is 3. The summed E-state index contributed by atoms with van der Waals surface area (Å²) in [7, 11) is 0. The number of hydrogen-bond acceptors (Lipinski definition) is 5. The number of aryl methyl sites for hydroxylation is 1. The summed E-state index contributed by atoms with van der Waals surface area (Å²) in [4.78, 5) is 1.84. The molecule has 0 saturated carbocycles. The molecule has 0 saturated heterocycles. The van der Waals surface area contributed by atoms with E-state index in [1.165, 1.54) is 11.1 Å². The smallest absolute Gasteiger partial charge is 0.0900 e. The van der Waals surface area contributed by atoms with Crippen LogP contribution in [0.25, 0.3) is 0 Å². The molecular weight excluding hydrogens is 282 g/mol. The standard InChI is InChI=1S/C17H27NO4/c19-10-8-18(9-11-20)12-15(21)13-22-17-7-3-5-14-4-1-2-6-16(14)17/h1-2,4,6,15,17,19-21H,3,5,7-13H2. The van der Waals surface area contributed by atoms with E-state index in [9.17, 15) is 5.11 Å². The van der Waals surface area contributed by atoms with E-state index in [-0.39, 0.29) is 25.9 Å². The molecule has 0 spiro atoms. The zero-order valence-corrected chi connectivity index (χ0v) is 13.0. The van der Waals surface area contributed by atoms with Gasteiger partial charge in [-0.15, -0.1) is 0 Å². The first-order chi connectivity index (χ1) is 10.7. The van der Waals surface area contributed by atoms with Crippen molar-refractivity contribution in [2.45, 2.75) is 31.5 Å². The van der Waals surface area contributed by atoms with Gasteiger partial charge in [0.15, 0.2) is 0 Å². The van der Waals surface area contributed by atoms with Gasteiger partial charge in [0.2, 0.25) is 0 Å². The number of benzene rings is 1. The predicted molar refractivity (Wildman–Crippen MR) is 84.7 cm³/mol. The average molecular weight is 309 g/mol. The Bertz CT molecular complexity index is 434. The predicted octanol–water partition coefficient (Wildman–Crippen LogP) is 0.728. The number of ether oxygens (including phenoxy) is 1. The number of aliphatic hydroxyl groups excluding tert-OH is 3. The van der Waals surface area contributed by atoms with Gasteiger partial charge in [0, 0.05) is 19.6 Å². The second-order valence-electron chi connectivity index (χ2n) is 5.81. The highest BCUT2D eigenvalue weighted by atomic mass is 16.5. The largest absolute Gasteiger partial charge is 0.395 e. The second kappa shape index (κ2) is 9.22. The van der Waals surface area contributed by atoms with Crippen molar-refractivity contribution in [1.29, 1.82) is 0 Å². The zero-order chi connectivity index (χ0) is 15.8. The summed E-state index contributed by atoms with van der Waals surface area (Å²) in [5.74, 6) is 0. The maximum atomic E-state index is 10.1. The summed E-state index contributed by atoms with van der Waals surface area (Å²) < 4.78 is 5.93. The molecule has 0 amide bonds. The summed E-state index contributed by atoms with van der Waals surface area (Å²) in [5, 5.41) is 28.1. The lowest BCUT2D eigenvalue weighted by Crippen LogP contribution is -2.38. The quantitative estimate of drug-likeness (QED) is 0.627. The van der Waals surface area contributed by atoms with Crippen LogP contribution < -0.4 is 0 Å². The molecular formula is C17H27NO4. The first-order valence-corrected chi connectivity index (χ1v) is 8.06. The van der Waals surface area contributed by atoms with Gasteiger partial charge in [-0.25, -0.2) is 0 Å². The van der Waals surface area contributed by atoms with Crippen molar-refractivity contribution in [3.05, 3.63) is 35.4 Å². The van der Waals surface area contributed by atoms with Gasteiger partial charge >= 0.3 is 0 Å². The van der Waals surface area contributed by atoms with E-state index >= 15 is 0 Å². The average Bonchev–Trinajstić information content (AvgIpc) is 2.53. The highest BCUT2D eigenvalue weighted by Crippen LogP contribution is 2.32. The van der Waals surface area contributed by atoms with Gasteiger partial charge in [-0.3, -0.25) is 4.90 Å². The van der Waals surface area contributed by atoms with Gasteiger partial charge in [-0.2, -0.15) is 0 Å². The van der Waals surface area contributed by atoms with E-state index in [0.29, 0.717) is 19.6 Å². The van der Waals surface area contributed by atoms with Crippen LogP contribution in [-0.2, 0) is 11.2 Å². The molecule has 0 fully saturated rings. The van der Waals surface area contributed by atoms with Gasteiger partial charge in [0.05, 0.1) is 32.0 Å². The monoisotopic (exact) mass is 309 g/mol. The topological polar surface area (TPSA) is 73.2 Å². The molecule has 0 heterocycles. The van der Waals surface area contributed by atoms with Crippen LogP contribution in [0, 0.1) is 0 Å². The molecule has 124 valence electrons. The molecule has 0 aliphatic heterocycles. The van der Waals surface area contributed by atoms with Crippen molar-refractivity contribution in [1.82, 2.24) is 4.90 Å². The minimum absolute atomic E-state index is 0.0174. The molecule has 1 aliphatic carbocycles. The fourth-order valence-electron chi connectivity index (χ4n) is 3.04. The molecule has 1 aliphatic rings. The second-order valence-corrected chi connectivity index (χ2v) is 5.81. The Kier molecular flexibility index (Phi) is 7.29. The summed E-state index contributed by atoms with van der Waals surface area (Å²) in [6.07, 6.45) is 2.63. The number of fused-ring (bicyclic) bond motifs is 1. The van der Waals surface area contributed by atoms with E-state index in [0.717, 1.165) is 19.3 Å². The van der Waals surface area contributed by atoms with Crippen LogP contribution in [-0.4, -0.2) is 65.8 Å². The lowest BCUT2D eigenvalue weighted by Gasteiger charge is -2.28. The Morgan fingerprint density at radius 3 is 2.64 bits per heavy atom. The van der Waals surface area contributed by atoms with Gasteiger partial charge in [0.25, 0.3) is 0 Å². The third-order valence-electron chi connectivity index (χ3n) is 4.11. The molecule has 1 aromatic carbocycles. The number of aliphatic hydroxyl groups is 3. The van der Waals surface area contributed by atoms with Gasteiger partial charge < -0.3 is 20.1 Å². The molecule has 3 N–H and O–H groups in total. The van der Waals surface area contributed by atoms with Crippen molar-refractivity contribution in [2.75, 3.05) is 39.5 Å². The van der Waals surface area contributed by atoms with Crippen molar-refractivity contribution in [3.8, 4) is 0 Å². The normalized spacial score (nSPS) is 19.2. The van der Waals surface area contributed by atoms with Gasteiger partial charge in [-0.05, 0) is 30.4 Å². The highest BCUT2D eigenvalue weighted by Gasteiger charge is 2.21. The minimum Gasteiger partial charge on any atom is -0.395 e. The Balaban J connectivity index is 1.82. The summed E-state index contributed by atoms with van der Waals surface area (Å²) >= 11 is 0.